The van der Waals surface area contributed by atoms with Crippen molar-refractivity contribution in [3.63, 3.8) is 0 Å². The third kappa shape index (κ3) is 8.04. The van der Waals surface area contributed by atoms with Gasteiger partial charge in [0.15, 0.2) is 0 Å². The van der Waals surface area contributed by atoms with E-state index < -0.39 is 23.4 Å². The molecule has 1 N–H and O–H groups in total. The van der Waals surface area contributed by atoms with Gasteiger partial charge in [0.25, 0.3) is 5.91 Å². The molecule has 5 rings (SSSR count). The zero-order valence-electron chi connectivity index (χ0n) is 27.5. The van der Waals surface area contributed by atoms with E-state index in [1.165, 1.54) is 4.57 Å². The molecule has 0 unspecified atom stereocenters. The molecule has 3 aromatic carbocycles. The lowest BCUT2D eigenvalue weighted by Crippen LogP contribution is -2.35. The minimum atomic E-state index is -0.697. The molecule has 0 spiro atoms. The second-order valence-electron chi connectivity index (χ2n) is 13.5. The minimum Gasteiger partial charge on any atom is -0.444 e. The molecule has 0 saturated carbocycles. The van der Waals surface area contributed by atoms with Gasteiger partial charge in [-0.15, -0.1) is 0 Å². The molecule has 0 bridgehead atoms. The van der Waals surface area contributed by atoms with Crippen LogP contribution in [0.3, 0.4) is 0 Å². The van der Waals surface area contributed by atoms with Crippen LogP contribution in [0.1, 0.15) is 69.0 Å². The van der Waals surface area contributed by atoms with Crippen LogP contribution in [0.5, 0.6) is 0 Å². The van der Waals surface area contributed by atoms with E-state index >= 15 is 0 Å². The van der Waals surface area contributed by atoms with E-state index in [0.29, 0.717) is 49.7 Å². The molecule has 1 aliphatic heterocycles. The minimum absolute atomic E-state index is 0.0116. The number of para-hydroxylation sites is 1. The van der Waals surface area contributed by atoms with Crippen molar-refractivity contribution >= 4 is 34.6 Å². The number of carbonyl (C=O) groups excluding carboxylic acids is 3. The third-order valence-corrected chi connectivity index (χ3v) is 7.43. The van der Waals surface area contributed by atoms with Gasteiger partial charge < -0.3 is 24.6 Å². The van der Waals surface area contributed by atoms with Crippen LogP contribution in [0.15, 0.2) is 72.9 Å². The number of aromatic nitrogens is 2. The Hall–Kier alpha value is -4.86. The second-order valence-corrected chi connectivity index (χ2v) is 13.5. The van der Waals surface area contributed by atoms with Gasteiger partial charge in [-0.05, 0) is 70.0 Å². The summed E-state index contributed by atoms with van der Waals surface area (Å²) in [4.78, 5) is 48.2. The van der Waals surface area contributed by atoms with E-state index in [9.17, 15) is 14.4 Å². The number of hydrogen-bond donors (Lipinski definition) is 1. The largest absolute Gasteiger partial charge is 0.444 e. The van der Waals surface area contributed by atoms with Gasteiger partial charge in [0, 0.05) is 50.0 Å². The number of fused-ring (bicyclic) bond motifs is 2. The summed E-state index contributed by atoms with van der Waals surface area (Å²) < 4.78 is 12.4. The SMILES string of the molecule is CC(C)(C)OC(=O)NCCc1nc(CN2CCN(C(=O)c3cccc4ccccc34)Cc3ccccc32)cn1C(=O)OC(C)(C)C. The Labute approximate surface area is 270 Å². The van der Waals surface area contributed by atoms with Crippen molar-refractivity contribution in [1.82, 2.24) is 19.8 Å². The molecule has 0 fully saturated rings. The zero-order chi connectivity index (χ0) is 33.1. The highest BCUT2D eigenvalue weighted by molar-refractivity contribution is 6.07. The Morgan fingerprint density at radius 2 is 1.54 bits per heavy atom. The lowest BCUT2D eigenvalue weighted by Gasteiger charge is -2.24. The van der Waals surface area contributed by atoms with Crippen molar-refractivity contribution in [1.29, 1.82) is 0 Å². The smallest absolute Gasteiger partial charge is 0.420 e. The maximum Gasteiger partial charge on any atom is 0.420 e. The molecular weight excluding hydrogens is 582 g/mol. The topological polar surface area (TPSA) is 106 Å². The average molecular weight is 626 g/mol. The van der Waals surface area contributed by atoms with Crippen LogP contribution in [0, 0.1) is 0 Å². The molecule has 0 aliphatic carbocycles. The number of amides is 2. The predicted molar refractivity (Wildman–Crippen MR) is 178 cm³/mol. The molecule has 242 valence electrons. The Bertz CT molecular complexity index is 1730. The van der Waals surface area contributed by atoms with Gasteiger partial charge in [0.1, 0.15) is 17.0 Å². The van der Waals surface area contributed by atoms with Crippen molar-refractivity contribution in [2.45, 2.75) is 72.3 Å². The van der Waals surface area contributed by atoms with E-state index in [1.54, 1.807) is 27.0 Å². The first-order valence-corrected chi connectivity index (χ1v) is 15.6. The van der Waals surface area contributed by atoms with Crippen molar-refractivity contribution in [3.8, 4) is 0 Å². The molecule has 46 heavy (non-hydrogen) atoms. The number of carbonyl (C=O) groups is 3. The number of rotatable bonds is 6. The lowest BCUT2D eigenvalue weighted by molar-refractivity contribution is 0.0527. The number of alkyl carbamates (subject to hydrolysis) is 1. The highest BCUT2D eigenvalue weighted by Crippen LogP contribution is 2.29. The van der Waals surface area contributed by atoms with Crippen LogP contribution in [0.4, 0.5) is 15.3 Å². The van der Waals surface area contributed by atoms with E-state index in [2.05, 4.69) is 16.3 Å². The van der Waals surface area contributed by atoms with E-state index in [1.807, 2.05) is 86.3 Å². The summed E-state index contributed by atoms with van der Waals surface area (Å²) >= 11 is 0. The Morgan fingerprint density at radius 1 is 0.848 bits per heavy atom. The number of benzene rings is 3. The summed E-state index contributed by atoms with van der Waals surface area (Å²) in [5.41, 5.74) is 2.08. The Morgan fingerprint density at radius 3 is 2.30 bits per heavy atom. The molecule has 2 heterocycles. The summed E-state index contributed by atoms with van der Waals surface area (Å²) in [5, 5.41) is 4.71. The lowest BCUT2D eigenvalue weighted by atomic mass is 10.0. The summed E-state index contributed by atoms with van der Waals surface area (Å²) in [6.45, 7) is 13.0. The van der Waals surface area contributed by atoms with Gasteiger partial charge in [0.05, 0.1) is 12.2 Å². The van der Waals surface area contributed by atoms with E-state index in [-0.39, 0.29) is 12.5 Å². The monoisotopic (exact) mass is 625 g/mol. The van der Waals surface area contributed by atoms with Crippen LogP contribution in [0.25, 0.3) is 10.8 Å². The number of imidazole rings is 1. The molecule has 10 nitrogen and oxygen atoms in total. The highest BCUT2D eigenvalue weighted by Gasteiger charge is 2.27. The van der Waals surface area contributed by atoms with Gasteiger partial charge >= 0.3 is 12.2 Å². The first kappa shape index (κ1) is 32.5. The van der Waals surface area contributed by atoms with Crippen molar-refractivity contribution in [3.05, 3.63) is 95.6 Å². The van der Waals surface area contributed by atoms with Crippen molar-refractivity contribution in [2.75, 3.05) is 24.5 Å². The van der Waals surface area contributed by atoms with Crippen LogP contribution >= 0.6 is 0 Å². The van der Waals surface area contributed by atoms with E-state index in [0.717, 1.165) is 22.0 Å². The number of ether oxygens (including phenoxy) is 2. The van der Waals surface area contributed by atoms with Crippen LogP contribution in [-0.2, 0) is 29.0 Å². The fourth-order valence-corrected chi connectivity index (χ4v) is 5.50. The van der Waals surface area contributed by atoms with Gasteiger partial charge in [-0.25, -0.2) is 19.1 Å². The summed E-state index contributed by atoms with van der Waals surface area (Å²) in [5.74, 6) is 0.457. The predicted octanol–water partition coefficient (Wildman–Crippen LogP) is 6.55. The fourth-order valence-electron chi connectivity index (χ4n) is 5.50. The van der Waals surface area contributed by atoms with Gasteiger partial charge in [0.2, 0.25) is 0 Å². The average Bonchev–Trinajstić information content (AvgIpc) is 3.29. The molecule has 10 heteroatoms. The summed E-state index contributed by atoms with van der Waals surface area (Å²) in [7, 11) is 0. The normalized spacial score (nSPS) is 13.6. The number of nitrogens with zero attached hydrogens (tertiary/aromatic N) is 4. The van der Waals surface area contributed by atoms with Crippen LogP contribution in [-0.4, -0.2) is 63.4 Å². The fraction of sp³-hybridized carbons (Fsp3) is 0.389. The first-order valence-electron chi connectivity index (χ1n) is 15.6. The van der Waals surface area contributed by atoms with Crippen LogP contribution < -0.4 is 10.2 Å². The molecule has 0 saturated heterocycles. The molecular formula is C36H43N5O5. The Kier molecular flexibility index (Phi) is 9.37. The summed E-state index contributed by atoms with van der Waals surface area (Å²) in [6.07, 6.45) is 0.916. The Balaban J connectivity index is 1.37. The number of nitrogens with one attached hydrogen (secondary N) is 1. The molecule has 1 aromatic heterocycles. The maximum absolute atomic E-state index is 13.9. The second kappa shape index (κ2) is 13.2. The quantitative estimate of drug-likeness (QED) is 0.259. The third-order valence-electron chi connectivity index (χ3n) is 7.43. The van der Waals surface area contributed by atoms with Gasteiger partial charge in [-0.3, -0.25) is 4.79 Å². The van der Waals surface area contributed by atoms with Gasteiger partial charge in [-0.2, -0.15) is 0 Å². The first-order chi connectivity index (χ1) is 21.8. The molecule has 4 aromatic rings. The van der Waals surface area contributed by atoms with Crippen molar-refractivity contribution < 1.29 is 23.9 Å². The molecule has 0 atom stereocenters. The van der Waals surface area contributed by atoms with Crippen LogP contribution in [0.2, 0.25) is 0 Å². The number of hydrogen-bond acceptors (Lipinski definition) is 7. The maximum atomic E-state index is 13.9. The summed E-state index contributed by atoms with van der Waals surface area (Å²) in [6, 6.07) is 21.8. The van der Waals surface area contributed by atoms with E-state index in [4.69, 9.17) is 14.5 Å². The number of anilines is 1. The molecule has 0 radical (unpaired) electrons. The van der Waals surface area contributed by atoms with Crippen molar-refractivity contribution in [2.24, 2.45) is 0 Å². The zero-order valence-corrected chi connectivity index (χ0v) is 27.5. The molecule has 2 amide bonds. The molecule has 1 aliphatic rings. The van der Waals surface area contributed by atoms with Gasteiger partial charge in [-0.1, -0.05) is 54.6 Å². The highest BCUT2D eigenvalue weighted by atomic mass is 16.6. The standard InChI is InChI=1S/C36H43N5O5/c1-35(2,3)45-33(43)37-19-18-31-38-27(24-41(31)34(44)46-36(4,5)6)23-39-20-21-40(22-26-13-8-10-17-30(26)39)32(42)29-16-11-14-25-12-7-9-15-28(25)29/h7-17,24H,18-23H2,1-6H3,(H,37,43).